The lowest BCUT2D eigenvalue weighted by Crippen LogP contribution is -2.47. The fourth-order valence-electron chi connectivity index (χ4n) is 3.49. The van der Waals surface area contributed by atoms with Gasteiger partial charge in [0.15, 0.2) is 0 Å². The van der Waals surface area contributed by atoms with Crippen molar-refractivity contribution in [2.24, 2.45) is 0 Å². The number of halogens is 1. The molecule has 3 aromatic rings. The lowest BCUT2D eigenvalue weighted by molar-refractivity contribution is -0.127. The molecule has 2 aromatic heterocycles. The number of aryl methyl sites for hydroxylation is 2. The Bertz CT molecular complexity index is 1010. The third-order valence-corrected chi connectivity index (χ3v) is 7.53. The van der Waals surface area contributed by atoms with Crippen LogP contribution < -0.4 is 5.32 Å². The zero-order valence-corrected chi connectivity index (χ0v) is 20.2. The molecule has 2 heterocycles. The number of carbonyl (C=O) groups excluding carboxylic acids is 1. The molecule has 0 aliphatic heterocycles. The van der Waals surface area contributed by atoms with E-state index < -0.39 is 6.04 Å². The van der Waals surface area contributed by atoms with Gasteiger partial charge >= 0.3 is 0 Å². The van der Waals surface area contributed by atoms with Crippen LogP contribution in [0.2, 0.25) is 0 Å². The van der Waals surface area contributed by atoms with E-state index in [0.29, 0.717) is 13.1 Å². The molecular formula is C25H29FN2O2S2. The number of aliphatic hydroxyl groups excluding tert-OH is 1. The van der Waals surface area contributed by atoms with Crippen LogP contribution in [0, 0.1) is 19.7 Å². The molecule has 32 heavy (non-hydrogen) atoms. The highest BCUT2D eigenvalue weighted by molar-refractivity contribution is 7.14. The molecule has 0 saturated carbocycles. The molecule has 0 radical (unpaired) electrons. The first-order valence-corrected chi connectivity index (χ1v) is 12.3. The van der Waals surface area contributed by atoms with E-state index in [1.807, 2.05) is 11.9 Å². The van der Waals surface area contributed by atoms with Crippen LogP contribution in [-0.2, 0) is 11.3 Å². The number of amides is 1. The molecule has 0 fully saturated rings. The van der Waals surface area contributed by atoms with Crippen LogP contribution in [-0.4, -0.2) is 42.2 Å². The standard InChI is InChI=1S/C25H29FN2O2S2/c1-17-10-13-31-23(17)21(24-18(2)11-14-32-24)5-4-12-28(3)22(16-29)25(30)27-15-19-6-8-20(26)9-7-19/h5-11,13-14,22,29H,4,12,15-16H2,1-3H3,(H,27,30). The maximum atomic E-state index is 13.0. The van der Waals surface area contributed by atoms with E-state index in [2.05, 4.69) is 48.1 Å². The zero-order valence-electron chi connectivity index (χ0n) is 18.6. The second-order valence-corrected chi connectivity index (χ2v) is 9.63. The molecule has 0 aliphatic carbocycles. The molecule has 4 nitrogen and oxygen atoms in total. The summed E-state index contributed by atoms with van der Waals surface area (Å²) in [6.07, 6.45) is 2.99. The lowest BCUT2D eigenvalue weighted by Gasteiger charge is -2.25. The highest BCUT2D eigenvalue weighted by Gasteiger charge is 2.22. The molecular weight excluding hydrogens is 443 g/mol. The maximum Gasteiger partial charge on any atom is 0.239 e. The zero-order chi connectivity index (χ0) is 23.1. The smallest absolute Gasteiger partial charge is 0.239 e. The van der Waals surface area contributed by atoms with E-state index in [0.717, 1.165) is 12.0 Å². The van der Waals surface area contributed by atoms with Crippen LogP contribution in [0.4, 0.5) is 4.39 Å². The van der Waals surface area contributed by atoms with Gasteiger partial charge in [0, 0.05) is 28.4 Å². The first-order valence-electron chi connectivity index (χ1n) is 10.5. The third kappa shape index (κ3) is 6.13. The molecule has 1 amide bonds. The van der Waals surface area contributed by atoms with Crippen molar-refractivity contribution in [1.82, 2.24) is 10.2 Å². The molecule has 1 unspecified atom stereocenters. The fraction of sp³-hybridized carbons (Fsp3) is 0.320. The maximum absolute atomic E-state index is 13.0. The van der Waals surface area contributed by atoms with Gasteiger partial charge in [0.2, 0.25) is 5.91 Å². The van der Waals surface area contributed by atoms with E-state index in [1.54, 1.807) is 34.8 Å². The van der Waals surface area contributed by atoms with Gasteiger partial charge in [-0.15, -0.1) is 22.7 Å². The summed E-state index contributed by atoms with van der Waals surface area (Å²) >= 11 is 3.48. The van der Waals surface area contributed by atoms with E-state index in [-0.39, 0.29) is 18.3 Å². The van der Waals surface area contributed by atoms with Crippen molar-refractivity contribution in [3.63, 3.8) is 0 Å². The Morgan fingerprint density at radius 1 is 1.09 bits per heavy atom. The van der Waals surface area contributed by atoms with Crippen LogP contribution in [0.3, 0.4) is 0 Å². The second-order valence-electron chi connectivity index (χ2n) is 7.80. The SMILES string of the molecule is Cc1ccsc1C(=CCCN(C)C(CO)C(=O)NCc1ccc(F)cc1)c1sccc1C. The van der Waals surface area contributed by atoms with Crippen molar-refractivity contribution >= 4 is 34.2 Å². The Labute approximate surface area is 197 Å². The molecule has 1 atom stereocenters. The number of hydrogen-bond donors (Lipinski definition) is 2. The summed E-state index contributed by atoms with van der Waals surface area (Å²) < 4.78 is 13.0. The van der Waals surface area contributed by atoms with Crippen molar-refractivity contribution in [2.75, 3.05) is 20.2 Å². The quantitative estimate of drug-likeness (QED) is 0.437. The van der Waals surface area contributed by atoms with Gasteiger partial charge in [-0.3, -0.25) is 9.69 Å². The Balaban J connectivity index is 1.63. The second kappa shape index (κ2) is 11.5. The van der Waals surface area contributed by atoms with E-state index in [9.17, 15) is 14.3 Å². The summed E-state index contributed by atoms with van der Waals surface area (Å²) in [5, 5.41) is 16.9. The highest BCUT2D eigenvalue weighted by atomic mass is 32.1. The summed E-state index contributed by atoms with van der Waals surface area (Å²) in [4.78, 5) is 17.0. The molecule has 0 bridgehead atoms. The van der Waals surface area contributed by atoms with Crippen molar-refractivity contribution in [1.29, 1.82) is 0 Å². The minimum atomic E-state index is -0.640. The largest absolute Gasteiger partial charge is 0.394 e. The van der Waals surface area contributed by atoms with Crippen LogP contribution in [0.25, 0.3) is 5.57 Å². The van der Waals surface area contributed by atoms with E-state index >= 15 is 0 Å². The number of rotatable bonds is 10. The normalized spacial score (nSPS) is 12.1. The van der Waals surface area contributed by atoms with Gasteiger partial charge in [0.1, 0.15) is 11.9 Å². The van der Waals surface area contributed by atoms with Crippen LogP contribution >= 0.6 is 22.7 Å². The average molecular weight is 473 g/mol. The predicted molar refractivity (Wildman–Crippen MR) is 132 cm³/mol. The van der Waals surface area contributed by atoms with Crippen LogP contribution in [0.5, 0.6) is 0 Å². The first kappa shape index (κ1) is 24.3. The van der Waals surface area contributed by atoms with Crippen molar-refractivity contribution in [3.8, 4) is 0 Å². The fourth-order valence-corrected chi connectivity index (χ4v) is 5.50. The highest BCUT2D eigenvalue weighted by Crippen LogP contribution is 2.35. The van der Waals surface area contributed by atoms with Gasteiger partial charge in [-0.25, -0.2) is 4.39 Å². The van der Waals surface area contributed by atoms with Crippen molar-refractivity contribution in [2.45, 2.75) is 32.9 Å². The number of aliphatic hydroxyl groups is 1. The Morgan fingerprint density at radius 3 is 2.19 bits per heavy atom. The number of nitrogens with one attached hydrogen (secondary N) is 1. The summed E-state index contributed by atoms with van der Waals surface area (Å²) in [5.41, 5.74) is 4.57. The molecule has 3 rings (SSSR count). The number of hydrogen-bond acceptors (Lipinski definition) is 5. The van der Waals surface area contributed by atoms with Gasteiger partial charge in [-0.1, -0.05) is 18.2 Å². The lowest BCUT2D eigenvalue weighted by atomic mass is 10.1. The Hall–Kier alpha value is -2.32. The minimum Gasteiger partial charge on any atom is -0.394 e. The van der Waals surface area contributed by atoms with Crippen molar-refractivity contribution in [3.05, 3.63) is 85.5 Å². The average Bonchev–Trinajstić information content (AvgIpc) is 3.39. The van der Waals surface area contributed by atoms with Gasteiger partial charge in [-0.05, 0) is 79.0 Å². The van der Waals surface area contributed by atoms with Crippen LogP contribution in [0.15, 0.2) is 53.2 Å². The minimum absolute atomic E-state index is 0.244. The summed E-state index contributed by atoms with van der Waals surface area (Å²) in [7, 11) is 1.85. The molecule has 1 aromatic carbocycles. The van der Waals surface area contributed by atoms with Gasteiger partial charge in [0.25, 0.3) is 0 Å². The molecule has 170 valence electrons. The number of carbonyl (C=O) groups is 1. The predicted octanol–water partition coefficient (Wildman–Crippen LogP) is 5.00. The molecule has 7 heteroatoms. The van der Waals surface area contributed by atoms with Gasteiger partial charge in [0.05, 0.1) is 6.61 Å². The van der Waals surface area contributed by atoms with E-state index in [1.165, 1.54) is 38.6 Å². The molecule has 0 saturated heterocycles. The monoisotopic (exact) mass is 472 g/mol. The molecule has 0 spiro atoms. The van der Waals surface area contributed by atoms with Crippen LogP contribution in [0.1, 0.15) is 32.9 Å². The number of likely N-dealkylation sites (N-methyl/N-ethyl adjacent to an activating group) is 1. The Kier molecular flexibility index (Phi) is 8.75. The van der Waals surface area contributed by atoms with Gasteiger partial charge < -0.3 is 10.4 Å². The summed E-state index contributed by atoms with van der Waals surface area (Å²) in [6, 6.07) is 9.64. The Morgan fingerprint density at radius 2 is 1.69 bits per heavy atom. The summed E-state index contributed by atoms with van der Waals surface area (Å²) in [5.74, 6) is -0.553. The first-order chi connectivity index (χ1) is 15.4. The summed E-state index contributed by atoms with van der Waals surface area (Å²) in [6.45, 7) is 4.91. The molecule has 2 N–H and O–H groups in total. The van der Waals surface area contributed by atoms with Crippen molar-refractivity contribution < 1.29 is 14.3 Å². The number of thiophene rings is 2. The van der Waals surface area contributed by atoms with Gasteiger partial charge in [-0.2, -0.15) is 0 Å². The number of nitrogens with zero attached hydrogens (tertiary/aromatic N) is 1. The topological polar surface area (TPSA) is 52.6 Å². The molecule has 0 aliphatic rings. The van der Waals surface area contributed by atoms with E-state index in [4.69, 9.17) is 0 Å². The number of benzene rings is 1. The third-order valence-electron chi connectivity index (χ3n) is 5.43.